The van der Waals surface area contributed by atoms with Gasteiger partial charge in [-0.05, 0) is 24.6 Å². The van der Waals surface area contributed by atoms with E-state index in [1.54, 1.807) is 0 Å². The first kappa shape index (κ1) is 11.0. The number of benzene rings is 1. The summed E-state index contributed by atoms with van der Waals surface area (Å²) in [5, 5.41) is 2.83. The smallest absolute Gasteiger partial charge is 0.239 e. The first-order valence-electron chi connectivity index (χ1n) is 5.61. The molecule has 1 amide bonds. The maximum absolute atomic E-state index is 11.3. The molecule has 3 N–H and O–H groups in total. The van der Waals surface area contributed by atoms with Crippen LogP contribution in [0.5, 0.6) is 0 Å². The van der Waals surface area contributed by atoms with Gasteiger partial charge in [-0.25, -0.2) is 0 Å². The highest BCUT2D eigenvalue weighted by molar-refractivity contribution is 5.83. The number of nitrogens with two attached hydrogens (primary N) is 1. The van der Waals surface area contributed by atoms with E-state index in [1.807, 2.05) is 12.1 Å². The standard InChI is InChI=1S/C12H17N3O/c13-6-5-10-3-1-2-4-11(10)15-8-7-14-12(16)9-15/h1-4H,5-9,13H2,(H,14,16). The molecular weight excluding hydrogens is 202 g/mol. The lowest BCUT2D eigenvalue weighted by molar-refractivity contribution is -0.120. The number of para-hydroxylation sites is 1. The van der Waals surface area contributed by atoms with E-state index in [9.17, 15) is 4.79 Å². The average Bonchev–Trinajstić information content (AvgIpc) is 2.30. The second kappa shape index (κ2) is 4.99. The minimum Gasteiger partial charge on any atom is -0.360 e. The van der Waals surface area contributed by atoms with Crippen molar-refractivity contribution < 1.29 is 4.79 Å². The SMILES string of the molecule is NCCc1ccccc1N1CCNC(=O)C1. The van der Waals surface area contributed by atoms with E-state index in [1.165, 1.54) is 5.56 Å². The van der Waals surface area contributed by atoms with Gasteiger partial charge >= 0.3 is 0 Å². The molecule has 16 heavy (non-hydrogen) atoms. The van der Waals surface area contributed by atoms with Gasteiger partial charge < -0.3 is 16.0 Å². The molecule has 0 atom stereocenters. The van der Waals surface area contributed by atoms with E-state index in [4.69, 9.17) is 5.73 Å². The van der Waals surface area contributed by atoms with E-state index >= 15 is 0 Å². The molecule has 0 aromatic heterocycles. The largest absolute Gasteiger partial charge is 0.360 e. The molecule has 4 heteroatoms. The summed E-state index contributed by atoms with van der Waals surface area (Å²) in [6, 6.07) is 8.15. The van der Waals surface area contributed by atoms with Crippen molar-refractivity contribution in [2.45, 2.75) is 6.42 Å². The maximum Gasteiger partial charge on any atom is 0.239 e. The summed E-state index contributed by atoms with van der Waals surface area (Å²) in [6.07, 6.45) is 0.855. The first-order chi connectivity index (χ1) is 7.81. The number of hydrogen-bond donors (Lipinski definition) is 2. The highest BCUT2D eigenvalue weighted by Crippen LogP contribution is 2.20. The molecule has 1 heterocycles. The van der Waals surface area contributed by atoms with Gasteiger partial charge in [0.15, 0.2) is 0 Å². The Kier molecular flexibility index (Phi) is 3.41. The Morgan fingerprint density at radius 2 is 2.19 bits per heavy atom. The molecule has 1 aliphatic rings. The van der Waals surface area contributed by atoms with Crippen LogP contribution in [0.3, 0.4) is 0 Å². The molecule has 86 valence electrons. The van der Waals surface area contributed by atoms with Gasteiger partial charge in [0.1, 0.15) is 0 Å². The molecule has 4 nitrogen and oxygen atoms in total. The van der Waals surface area contributed by atoms with Crippen LogP contribution in [-0.2, 0) is 11.2 Å². The van der Waals surface area contributed by atoms with Crippen molar-refractivity contribution in [3.05, 3.63) is 29.8 Å². The third kappa shape index (κ3) is 2.33. The molecule has 0 unspecified atom stereocenters. The molecule has 0 bridgehead atoms. The summed E-state index contributed by atoms with van der Waals surface area (Å²) in [6.45, 7) is 2.67. The third-order valence-electron chi connectivity index (χ3n) is 2.78. The van der Waals surface area contributed by atoms with Crippen LogP contribution in [-0.4, -0.2) is 32.1 Å². The Labute approximate surface area is 95.4 Å². The van der Waals surface area contributed by atoms with Gasteiger partial charge in [-0.2, -0.15) is 0 Å². The van der Waals surface area contributed by atoms with Crippen molar-refractivity contribution in [3.8, 4) is 0 Å². The number of piperazine rings is 1. The van der Waals surface area contributed by atoms with Crippen molar-refractivity contribution in [1.29, 1.82) is 0 Å². The summed E-state index contributed by atoms with van der Waals surface area (Å²) in [4.78, 5) is 13.5. The van der Waals surface area contributed by atoms with Gasteiger partial charge in [-0.1, -0.05) is 18.2 Å². The highest BCUT2D eigenvalue weighted by Gasteiger charge is 2.18. The van der Waals surface area contributed by atoms with E-state index in [2.05, 4.69) is 22.3 Å². The van der Waals surface area contributed by atoms with Gasteiger partial charge in [0.2, 0.25) is 5.91 Å². The number of amides is 1. The van der Waals surface area contributed by atoms with Crippen LogP contribution in [0.2, 0.25) is 0 Å². The van der Waals surface area contributed by atoms with Crippen LogP contribution in [0, 0.1) is 0 Å². The molecule has 1 aromatic carbocycles. The van der Waals surface area contributed by atoms with Crippen molar-refractivity contribution >= 4 is 11.6 Å². The molecule has 0 radical (unpaired) electrons. The minimum absolute atomic E-state index is 0.0915. The van der Waals surface area contributed by atoms with Crippen LogP contribution in [0.15, 0.2) is 24.3 Å². The third-order valence-corrected chi connectivity index (χ3v) is 2.78. The lowest BCUT2D eigenvalue weighted by Crippen LogP contribution is -2.48. The fraction of sp³-hybridized carbons (Fsp3) is 0.417. The summed E-state index contributed by atoms with van der Waals surface area (Å²) >= 11 is 0. The van der Waals surface area contributed by atoms with Gasteiger partial charge in [-0.3, -0.25) is 4.79 Å². The molecular formula is C12H17N3O. The Morgan fingerprint density at radius 3 is 2.94 bits per heavy atom. The zero-order valence-electron chi connectivity index (χ0n) is 9.28. The number of rotatable bonds is 3. The summed E-state index contributed by atoms with van der Waals surface area (Å²) in [5.74, 6) is 0.0915. The summed E-state index contributed by atoms with van der Waals surface area (Å²) in [5.41, 5.74) is 7.95. The van der Waals surface area contributed by atoms with Crippen LogP contribution < -0.4 is 16.0 Å². The van der Waals surface area contributed by atoms with Crippen LogP contribution in [0.25, 0.3) is 0 Å². The number of nitrogens with zero attached hydrogens (tertiary/aromatic N) is 1. The highest BCUT2D eigenvalue weighted by atomic mass is 16.2. The van der Waals surface area contributed by atoms with Crippen molar-refractivity contribution in [2.24, 2.45) is 5.73 Å². The topological polar surface area (TPSA) is 58.4 Å². The number of nitrogens with one attached hydrogen (secondary N) is 1. The Hall–Kier alpha value is -1.55. The zero-order valence-corrected chi connectivity index (χ0v) is 9.28. The van der Waals surface area contributed by atoms with Crippen LogP contribution in [0.4, 0.5) is 5.69 Å². The number of anilines is 1. The zero-order chi connectivity index (χ0) is 11.4. The average molecular weight is 219 g/mol. The van der Waals surface area contributed by atoms with Gasteiger partial charge in [0.05, 0.1) is 6.54 Å². The predicted octanol–water partition coefficient (Wildman–Crippen LogP) is 0.124. The lowest BCUT2D eigenvalue weighted by atomic mass is 10.1. The van der Waals surface area contributed by atoms with Crippen molar-refractivity contribution in [2.75, 3.05) is 31.1 Å². The van der Waals surface area contributed by atoms with E-state index in [0.29, 0.717) is 13.1 Å². The predicted molar refractivity (Wildman–Crippen MR) is 64.4 cm³/mol. The minimum atomic E-state index is 0.0915. The first-order valence-corrected chi connectivity index (χ1v) is 5.61. The number of carbonyl (C=O) groups is 1. The fourth-order valence-electron chi connectivity index (χ4n) is 2.03. The summed E-state index contributed by atoms with van der Waals surface area (Å²) < 4.78 is 0. The molecule has 0 saturated carbocycles. The van der Waals surface area contributed by atoms with Gasteiger partial charge in [-0.15, -0.1) is 0 Å². The molecule has 1 aromatic rings. The number of carbonyl (C=O) groups excluding carboxylic acids is 1. The molecule has 0 spiro atoms. The second-order valence-corrected chi connectivity index (χ2v) is 3.94. The van der Waals surface area contributed by atoms with Crippen molar-refractivity contribution in [3.63, 3.8) is 0 Å². The maximum atomic E-state index is 11.3. The molecule has 1 aliphatic heterocycles. The Balaban J connectivity index is 2.21. The van der Waals surface area contributed by atoms with E-state index < -0.39 is 0 Å². The molecule has 1 fully saturated rings. The second-order valence-electron chi connectivity index (χ2n) is 3.94. The molecule has 0 aliphatic carbocycles. The molecule has 1 saturated heterocycles. The number of hydrogen-bond acceptors (Lipinski definition) is 3. The van der Waals surface area contributed by atoms with Crippen LogP contribution in [0.1, 0.15) is 5.56 Å². The van der Waals surface area contributed by atoms with E-state index in [0.717, 1.165) is 25.2 Å². The van der Waals surface area contributed by atoms with Gasteiger partial charge in [0.25, 0.3) is 0 Å². The monoisotopic (exact) mass is 219 g/mol. The molecule has 2 rings (SSSR count). The van der Waals surface area contributed by atoms with Crippen LogP contribution >= 0.6 is 0 Å². The van der Waals surface area contributed by atoms with Gasteiger partial charge in [0, 0.05) is 18.8 Å². The Morgan fingerprint density at radius 1 is 1.38 bits per heavy atom. The fourth-order valence-corrected chi connectivity index (χ4v) is 2.03. The lowest BCUT2D eigenvalue weighted by Gasteiger charge is -2.30. The normalized spacial score (nSPS) is 16.1. The Bertz CT molecular complexity index is 378. The van der Waals surface area contributed by atoms with E-state index in [-0.39, 0.29) is 5.91 Å². The van der Waals surface area contributed by atoms with Crippen molar-refractivity contribution in [1.82, 2.24) is 5.32 Å². The quantitative estimate of drug-likeness (QED) is 0.759. The summed E-state index contributed by atoms with van der Waals surface area (Å²) in [7, 11) is 0.